The lowest BCUT2D eigenvalue weighted by Gasteiger charge is -2.26. The van der Waals surface area contributed by atoms with E-state index in [0.29, 0.717) is 12.2 Å². The predicted molar refractivity (Wildman–Crippen MR) is 87.6 cm³/mol. The number of ether oxygens (including phenoxy) is 1. The minimum atomic E-state index is -0.571. The van der Waals surface area contributed by atoms with Gasteiger partial charge in [-0.25, -0.2) is 9.18 Å². The third-order valence-electron chi connectivity index (χ3n) is 3.12. The zero-order chi connectivity index (χ0) is 17.6. The average Bonchev–Trinajstić information content (AvgIpc) is 2.42. The molecule has 2 N–H and O–H groups in total. The van der Waals surface area contributed by atoms with Gasteiger partial charge in [-0.1, -0.05) is 13.8 Å². The molecule has 0 aliphatic carbocycles. The maximum Gasteiger partial charge on any atom is 0.407 e. The van der Waals surface area contributed by atoms with Crippen LogP contribution < -0.4 is 10.6 Å². The second-order valence-corrected chi connectivity index (χ2v) is 6.68. The van der Waals surface area contributed by atoms with Crippen molar-refractivity contribution in [2.75, 3.05) is 11.9 Å². The Morgan fingerprint density at radius 1 is 1.39 bits per heavy atom. The van der Waals surface area contributed by atoms with Gasteiger partial charge >= 0.3 is 6.09 Å². The lowest BCUT2D eigenvalue weighted by molar-refractivity contribution is 0.0494. The van der Waals surface area contributed by atoms with Crippen molar-refractivity contribution in [3.8, 4) is 6.07 Å². The number of amides is 1. The van der Waals surface area contributed by atoms with E-state index in [9.17, 15) is 9.18 Å². The van der Waals surface area contributed by atoms with Crippen LogP contribution >= 0.6 is 0 Å². The molecule has 126 valence electrons. The summed E-state index contributed by atoms with van der Waals surface area (Å²) in [5, 5.41) is 14.5. The van der Waals surface area contributed by atoms with Crippen LogP contribution in [0.3, 0.4) is 0 Å². The molecule has 1 amide bonds. The number of nitrogens with zero attached hydrogens (tertiary/aromatic N) is 1. The molecule has 0 spiro atoms. The Labute approximate surface area is 136 Å². The molecule has 1 rings (SSSR count). The Kier molecular flexibility index (Phi) is 6.38. The Morgan fingerprint density at radius 2 is 2.04 bits per heavy atom. The normalized spacial score (nSPS) is 12.4. The second kappa shape index (κ2) is 7.82. The van der Waals surface area contributed by atoms with Crippen molar-refractivity contribution in [3.63, 3.8) is 0 Å². The largest absolute Gasteiger partial charge is 0.444 e. The van der Waals surface area contributed by atoms with Gasteiger partial charge < -0.3 is 15.4 Å². The molecule has 5 nitrogen and oxygen atoms in total. The van der Waals surface area contributed by atoms with Crippen molar-refractivity contribution < 1.29 is 13.9 Å². The summed E-state index contributed by atoms with van der Waals surface area (Å²) in [5.41, 5.74) is -0.0147. The third kappa shape index (κ3) is 6.55. The van der Waals surface area contributed by atoms with Crippen molar-refractivity contribution >= 4 is 11.8 Å². The smallest absolute Gasteiger partial charge is 0.407 e. The first-order valence-corrected chi connectivity index (χ1v) is 7.55. The highest BCUT2D eigenvalue weighted by molar-refractivity contribution is 5.68. The van der Waals surface area contributed by atoms with Crippen molar-refractivity contribution in [1.82, 2.24) is 5.32 Å². The molecule has 0 aliphatic rings. The van der Waals surface area contributed by atoms with Gasteiger partial charge in [0.2, 0.25) is 0 Å². The number of nitriles is 1. The first kappa shape index (κ1) is 18.8. The van der Waals surface area contributed by atoms with Gasteiger partial charge in [0.25, 0.3) is 0 Å². The molecule has 0 saturated carbocycles. The van der Waals surface area contributed by atoms with E-state index in [-0.39, 0.29) is 17.5 Å². The number of anilines is 1. The van der Waals surface area contributed by atoms with Crippen molar-refractivity contribution in [2.45, 2.75) is 46.3 Å². The monoisotopic (exact) mass is 321 g/mol. The molecule has 0 bridgehead atoms. The highest BCUT2D eigenvalue weighted by Gasteiger charge is 2.21. The van der Waals surface area contributed by atoms with Crippen LogP contribution in [0.5, 0.6) is 0 Å². The van der Waals surface area contributed by atoms with Gasteiger partial charge in [0.05, 0.1) is 23.4 Å². The van der Waals surface area contributed by atoms with Crippen LogP contribution in [-0.4, -0.2) is 24.3 Å². The van der Waals surface area contributed by atoms with E-state index in [2.05, 4.69) is 10.6 Å². The maximum absolute atomic E-state index is 13.8. The highest BCUT2D eigenvalue weighted by Crippen LogP contribution is 2.16. The quantitative estimate of drug-likeness (QED) is 0.868. The van der Waals surface area contributed by atoms with Crippen LogP contribution in [0.4, 0.5) is 14.9 Å². The number of halogens is 1. The van der Waals surface area contributed by atoms with Gasteiger partial charge in [-0.3, -0.25) is 0 Å². The standard InChI is InChI=1S/C17H24FN3O2/c1-11(2)15(21-16(22)23-17(3,4)5)10-20-14-7-6-12(9-19)8-13(14)18/h6-8,11,15,20H,10H2,1-5H3,(H,21,22). The van der Waals surface area contributed by atoms with Gasteiger partial charge in [-0.15, -0.1) is 0 Å². The van der Waals surface area contributed by atoms with E-state index < -0.39 is 17.5 Å². The molecule has 23 heavy (non-hydrogen) atoms. The summed E-state index contributed by atoms with van der Waals surface area (Å²) in [6.45, 7) is 9.64. The van der Waals surface area contributed by atoms with E-state index in [1.807, 2.05) is 19.9 Å². The number of benzene rings is 1. The van der Waals surface area contributed by atoms with E-state index in [1.54, 1.807) is 20.8 Å². The van der Waals surface area contributed by atoms with Crippen molar-refractivity contribution in [2.24, 2.45) is 5.92 Å². The Hall–Kier alpha value is -2.29. The van der Waals surface area contributed by atoms with Gasteiger partial charge in [0.15, 0.2) is 0 Å². The van der Waals surface area contributed by atoms with Crippen LogP contribution in [0.25, 0.3) is 0 Å². The summed E-state index contributed by atoms with van der Waals surface area (Å²) in [6, 6.07) is 5.89. The van der Waals surface area contributed by atoms with Crippen molar-refractivity contribution in [1.29, 1.82) is 5.26 Å². The molecular formula is C17H24FN3O2. The molecule has 0 saturated heterocycles. The summed E-state index contributed by atoms with van der Waals surface area (Å²) in [4.78, 5) is 11.9. The summed E-state index contributed by atoms with van der Waals surface area (Å²) in [6.07, 6.45) is -0.502. The predicted octanol–water partition coefficient (Wildman–Crippen LogP) is 3.66. The van der Waals surface area contributed by atoms with Gasteiger partial charge in [0, 0.05) is 6.54 Å². The molecule has 0 heterocycles. The fraction of sp³-hybridized carbons (Fsp3) is 0.529. The Bertz CT molecular complexity index is 588. The summed E-state index contributed by atoms with van der Waals surface area (Å²) in [7, 11) is 0. The highest BCUT2D eigenvalue weighted by atomic mass is 19.1. The minimum Gasteiger partial charge on any atom is -0.444 e. The first-order valence-electron chi connectivity index (χ1n) is 7.55. The average molecular weight is 321 g/mol. The number of hydrogen-bond donors (Lipinski definition) is 2. The SMILES string of the molecule is CC(C)C(CNc1ccc(C#N)cc1F)NC(=O)OC(C)(C)C. The number of nitrogens with one attached hydrogen (secondary N) is 2. The lowest BCUT2D eigenvalue weighted by Crippen LogP contribution is -2.45. The van der Waals surface area contributed by atoms with Crippen LogP contribution in [0.1, 0.15) is 40.2 Å². The first-order chi connectivity index (χ1) is 10.6. The topological polar surface area (TPSA) is 74.2 Å². The summed E-state index contributed by atoms with van der Waals surface area (Å²) < 4.78 is 19.1. The van der Waals surface area contributed by atoms with Gasteiger partial charge in [-0.05, 0) is 44.9 Å². The molecule has 0 aromatic heterocycles. The zero-order valence-corrected chi connectivity index (χ0v) is 14.2. The van der Waals surface area contributed by atoms with Crippen molar-refractivity contribution in [3.05, 3.63) is 29.6 Å². The molecule has 6 heteroatoms. The van der Waals surface area contributed by atoms with E-state index >= 15 is 0 Å². The molecule has 1 atom stereocenters. The molecular weight excluding hydrogens is 297 g/mol. The lowest BCUT2D eigenvalue weighted by atomic mass is 10.0. The Morgan fingerprint density at radius 3 is 2.52 bits per heavy atom. The van der Waals surface area contributed by atoms with Gasteiger partial charge in [0.1, 0.15) is 11.4 Å². The molecule has 1 aromatic carbocycles. The van der Waals surface area contributed by atoms with Crippen LogP contribution in [-0.2, 0) is 4.74 Å². The van der Waals surface area contributed by atoms with Crippen LogP contribution in [0.2, 0.25) is 0 Å². The van der Waals surface area contributed by atoms with E-state index in [1.165, 1.54) is 18.2 Å². The summed E-state index contributed by atoms with van der Waals surface area (Å²) in [5.74, 6) is -0.361. The molecule has 0 fully saturated rings. The van der Waals surface area contributed by atoms with Gasteiger partial charge in [-0.2, -0.15) is 5.26 Å². The molecule has 0 radical (unpaired) electrons. The fourth-order valence-electron chi connectivity index (χ4n) is 1.86. The van der Waals surface area contributed by atoms with Crippen LogP contribution in [0, 0.1) is 23.1 Å². The fourth-order valence-corrected chi connectivity index (χ4v) is 1.86. The number of carbonyl (C=O) groups is 1. The van der Waals surface area contributed by atoms with E-state index in [0.717, 1.165) is 0 Å². The molecule has 1 aromatic rings. The zero-order valence-electron chi connectivity index (χ0n) is 14.2. The minimum absolute atomic E-state index is 0.136. The van der Waals surface area contributed by atoms with E-state index in [4.69, 9.17) is 10.00 Å². The molecule has 0 aliphatic heterocycles. The summed E-state index contributed by atoms with van der Waals surface area (Å²) >= 11 is 0. The maximum atomic E-state index is 13.8. The van der Waals surface area contributed by atoms with Crippen LogP contribution in [0.15, 0.2) is 18.2 Å². The Balaban J connectivity index is 2.67. The number of carbonyl (C=O) groups excluding carboxylic acids is 1. The number of hydrogen-bond acceptors (Lipinski definition) is 4. The number of alkyl carbamates (subject to hydrolysis) is 1. The third-order valence-corrected chi connectivity index (χ3v) is 3.12. The number of rotatable bonds is 5. The second-order valence-electron chi connectivity index (χ2n) is 6.68. The molecule has 1 unspecified atom stereocenters.